The Labute approximate surface area is 272 Å². The lowest BCUT2D eigenvalue weighted by Crippen LogP contribution is -2.64. The number of ether oxygens (including phenoxy) is 1. The Balaban J connectivity index is 1.34. The fraction of sp³-hybridized carbons (Fsp3) is 0.406. The zero-order chi connectivity index (χ0) is 31.5. The van der Waals surface area contributed by atoms with Gasteiger partial charge in [-0.3, -0.25) is 24.1 Å². The Bertz CT molecular complexity index is 1620. The lowest BCUT2D eigenvalue weighted by molar-refractivity contribution is -0.125. The second-order valence-corrected chi connectivity index (χ2v) is 12.6. The van der Waals surface area contributed by atoms with Crippen LogP contribution in [0.25, 0.3) is 11.3 Å². The minimum atomic E-state index is -0.310. The highest BCUT2D eigenvalue weighted by Crippen LogP contribution is 2.33. The Morgan fingerprint density at radius 1 is 1.07 bits per heavy atom. The molecule has 0 saturated carbocycles. The van der Waals surface area contributed by atoms with Crippen LogP contribution in [-0.4, -0.2) is 71.8 Å². The van der Waals surface area contributed by atoms with E-state index in [-0.39, 0.29) is 28.7 Å². The van der Waals surface area contributed by atoms with Gasteiger partial charge in [-0.05, 0) is 48.7 Å². The molecule has 6 rings (SSSR count). The van der Waals surface area contributed by atoms with Crippen molar-refractivity contribution in [1.29, 1.82) is 0 Å². The Morgan fingerprint density at radius 2 is 1.91 bits per heavy atom. The topological polar surface area (TPSA) is 135 Å². The maximum Gasteiger partial charge on any atom is 0.254 e. The van der Waals surface area contributed by atoms with E-state index in [0.29, 0.717) is 41.1 Å². The molecule has 2 atom stereocenters. The van der Waals surface area contributed by atoms with Crippen molar-refractivity contribution in [2.45, 2.75) is 43.8 Å². The molecule has 4 heterocycles. The molecule has 0 aliphatic carbocycles. The number of fused-ring (bicyclic) bond motifs is 4. The van der Waals surface area contributed by atoms with E-state index >= 15 is 0 Å². The van der Waals surface area contributed by atoms with Crippen molar-refractivity contribution in [3.05, 3.63) is 87.2 Å². The van der Waals surface area contributed by atoms with Crippen LogP contribution in [-0.2, 0) is 9.53 Å². The third-order valence-electron chi connectivity index (χ3n) is 8.84. The highest BCUT2D eigenvalue weighted by atomic mass is 35.5. The average Bonchev–Trinajstić information content (AvgIpc) is 3.00. The first kappa shape index (κ1) is 31.4. The van der Waals surface area contributed by atoms with Crippen LogP contribution >= 0.6 is 23.2 Å². The lowest BCUT2D eigenvalue weighted by atomic mass is 9.98. The summed E-state index contributed by atoms with van der Waals surface area (Å²) in [5.41, 5.74) is 8.91. The van der Waals surface area contributed by atoms with Crippen LogP contribution < -0.4 is 32.4 Å². The SMILES string of the molecule is N/C(Cl)=C\N(N)c1ccc(Cl)cc1-c1cc(=O)n(C2CCCCCNC(=O)C3CN(C4COC4)CCN3c3cccc2c3)cn1. The highest BCUT2D eigenvalue weighted by molar-refractivity contribution is 6.31. The van der Waals surface area contributed by atoms with Gasteiger partial charge in [0.2, 0.25) is 5.91 Å². The number of aromatic nitrogens is 2. The molecule has 3 aliphatic heterocycles. The van der Waals surface area contributed by atoms with Crippen LogP contribution in [0.15, 0.2) is 71.0 Å². The van der Waals surface area contributed by atoms with Crippen molar-refractivity contribution in [3.8, 4) is 11.3 Å². The lowest BCUT2D eigenvalue weighted by Gasteiger charge is -2.46. The van der Waals surface area contributed by atoms with Crippen LogP contribution in [0, 0.1) is 0 Å². The number of amides is 1. The molecule has 2 unspecified atom stereocenters. The number of hydrogen-bond acceptors (Lipinski definition) is 9. The smallest absolute Gasteiger partial charge is 0.254 e. The molecular weight excluding hydrogens is 615 g/mol. The van der Waals surface area contributed by atoms with Gasteiger partial charge in [0, 0.05) is 48.5 Å². The number of anilines is 2. The quantitative estimate of drug-likeness (QED) is 0.215. The largest absolute Gasteiger partial charge is 0.388 e. The number of hydrazine groups is 1. The summed E-state index contributed by atoms with van der Waals surface area (Å²) < 4.78 is 7.12. The molecule has 3 aromatic rings. The number of nitrogens with zero attached hydrogens (tertiary/aromatic N) is 5. The molecule has 11 nitrogen and oxygen atoms in total. The average molecular weight is 654 g/mol. The number of nitrogens with two attached hydrogens (primary N) is 2. The summed E-state index contributed by atoms with van der Waals surface area (Å²) in [4.78, 5) is 36.5. The van der Waals surface area contributed by atoms with Crippen molar-refractivity contribution in [2.24, 2.45) is 11.6 Å². The molecule has 2 fully saturated rings. The molecular formula is C32H38Cl2N8O3. The molecule has 0 spiro atoms. The summed E-state index contributed by atoms with van der Waals surface area (Å²) in [5, 5.41) is 4.93. The molecule has 0 radical (unpaired) electrons. The fourth-order valence-electron chi connectivity index (χ4n) is 6.38. The van der Waals surface area contributed by atoms with Crippen LogP contribution in [0.2, 0.25) is 5.02 Å². The highest BCUT2D eigenvalue weighted by Gasteiger charge is 2.37. The number of benzene rings is 2. The van der Waals surface area contributed by atoms with Gasteiger partial charge < -0.3 is 20.7 Å². The molecule has 5 N–H and O–H groups in total. The van der Waals surface area contributed by atoms with E-state index in [9.17, 15) is 9.59 Å². The third kappa shape index (κ3) is 6.97. The summed E-state index contributed by atoms with van der Waals surface area (Å²) in [6, 6.07) is 14.7. The Hall–Kier alpha value is -3.61. The minimum absolute atomic E-state index is 0.00326. The van der Waals surface area contributed by atoms with Crippen LogP contribution in [0.1, 0.15) is 37.3 Å². The molecule has 2 aromatic carbocycles. The standard InChI is InChI=1S/C32H38Cl2N8O3/c33-22-8-9-28(42(36)17-30(34)35)25(14-22)26-15-31(43)41(20-38-26)27-7-2-1-3-10-37-32(44)29-16-39(24-18-45-19-24)11-12-40(29)23-6-4-5-21(27)13-23/h4-6,8-9,13-15,17,20,24,27,29H,1-3,7,10-12,16,18-19,35-36H2,(H,37,44)/b30-17-. The van der Waals surface area contributed by atoms with Gasteiger partial charge in [0.1, 0.15) is 11.2 Å². The molecule has 2 saturated heterocycles. The van der Waals surface area contributed by atoms with Gasteiger partial charge in [0.25, 0.3) is 5.56 Å². The molecule has 3 aliphatic rings. The van der Waals surface area contributed by atoms with Gasteiger partial charge in [-0.1, -0.05) is 48.2 Å². The molecule has 13 heteroatoms. The predicted molar refractivity (Wildman–Crippen MR) is 177 cm³/mol. The van der Waals surface area contributed by atoms with Crippen LogP contribution in [0.3, 0.4) is 0 Å². The van der Waals surface area contributed by atoms with Crippen LogP contribution in [0.4, 0.5) is 11.4 Å². The normalized spacial score (nSPS) is 21.9. The van der Waals surface area contributed by atoms with E-state index in [0.717, 1.165) is 63.2 Å². The summed E-state index contributed by atoms with van der Waals surface area (Å²) in [7, 11) is 0. The van der Waals surface area contributed by atoms with E-state index in [1.54, 1.807) is 29.1 Å². The van der Waals surface area contributed by atoms with Crippen molar-refractivity contribution in [2.75, 3.05) is 49.3 Å². The van der Waals surface area contributed by atoms with E-state index in [2.05, 4.69) is 27.2 Å². The first-order valence-corrected chi connectivity index (χ1v) is 16.0. The van der Waals surface area contributed by atoms with Gasteiger partial charge in [0.05, 0.1) is 49.2 Å². The maximum absolute atomic E-state index is 13.8. The number of carbonyl (C=O) groups excluding carboxylic acids is 1. The molecule has 238 valence electrons. The van der Waals surface area contributed by atoms with Gasteiger partial charge in [-0.25, -0.2) is 10.8 Å². The molecule has 45 heavy (non-hydrogen) atoms. The minimum Gasteiger partial charge on any atom is -0.388 e. The predicted octanol–water partition coefficient (Wildman–Crippen LogP) is 3.41. The van der Waals surface area contributed by atoms with Gasteiger partial charge in [-0.2, -0.15) is 0 Å². The number of carbonyl (C=O) groups is 1. The Morgan fingerprint density at radius 3 is 2.67 bits per heavy atom. The summed E-state index contributed by atoms with van der Waals surface area (Å²) in [6.07, 6.45) is 6.38. The number of hydrogen-bond donors (Lipinski definition) is 3. The van der Waals surface area contributed by atoms with Gasteiger partial charge in [0.15, 0.2) is 0 Å². The zero-order valence-corrected chi connectivity index (χ0v) is 26.5. The summed E-state index contributed by atoms with van der Waals surface area (Å²) >= 11 is 12.2. The first-order chi connectivity index (χ1) is 21.8. The third-order valence-corrected chi connectivity index (χ3v) is 9.17. The van der Waals surface area contributed by atoms with Crippen molar-refractivity contribution in [3.63, 3.8) is 0 Å². The Kier molecular flexibility index (Phi) is 9.62. The van der Waals surface area contributed by atoms with Crippen molar-refractivity contribution < 1.29 is 9.53 Å². The number of nitrogens with one attached hydrogen (secondary N) is 1. The first-order valence-electron chi connectivity index (χ1n) is 15.3. The van der Waals surface area contributed by atoms with E-state index in [4.69, 9.17) is 44.5 Å². The molecule has 1 aromatic heterocycles. The summed E-state index contributed by atoms with van der Waals surface area (Å²) in [5.74, 6) is 6.24. The number of halogens is 2. The van der Waals surface area contributed by atoms with Gasteiger partial charge in [-0.15, -0.1) is 0 Å². The number of piperazine rings is 1. The molecule has 1 amide bonds. The monoisotopic (exact) mass is 652 g/mol. The molecule has 2 bridgehead atoms. The zero-order valence-electron chi connectivity index (χ0n) is 24.9. The van der Waals surface area contributed by atoms with Crippen molar-refractivity contribution in [1.82, 2.24) is 19.8 Å². The van der Waals surface area contributed by atoms with Gasteiger partial charge >= 0.3 is 0 Å². The van der Waals surface area contributed by atoms with E-state index < -0.39 is 0 Å². The van der Waals surface area contributed by atoms with Crippen LogP contribution in [0.5, 0.6) is 0 Å². The fourth-order valence-corrected chi connectivity index (χ4v) is 6.66. The summed E-state index contributed by atoms with van der Waals surface area (Å²) in [6.45, 7) is 4.29. The number of rotatable bonds is 5. The van der Waals surface area contributed by atoms with E-state index in [1.165, 1.54) is 17.3 Å². The maximum atomic E-state index is 13.8. The second kappa shape index (κ2) is 13.8. The van der Waals surface area contributed by atoms with E-state index in [1.807, 2.05) is 12.1 Å². The van der Waals surface area contributed by atoms with Crippen molar-refractivity contribution >= 4 is 40.5 Å². The second-order valence-electron chi connectivity index (χ2n) is 11.7.